The highest BCUT2D eigenvalue weighted by atomic mass is 32.1. The Labute approximate surface area is 108 Å². The molecule has 3 aromatic rings. The molecule has 90 valence electrons. The molecular weight excluding hydrogens is 249 g/mol. The van der Waals surface area contributed by atoms with Crippen molar-refractivity contribution in [3.8, 4) is 0 Å². The van der Waals surface area contributed by atoms with Crippen molar-refractivity contribution in [2.45, 2.75) is 6.54 Å². The summed E-state index contributed by atoms with van der Waals surface area (Å²) in [6.45, 7) is 0.542. The van der Waals surface area contributed by atoms with E-state index < -0.39 is 0 Å². The normalized spacial score (nSPS) is 10.9. The standard InChI is InChI=1S/C13H10FN3S/c14-10-3-1-2-9(6-10)8-17-12-4-5-15-7-11(12)16-13(17)18/h1-7H,8H2,(H,16,18). The van der Waals surface area contributed by atoms with Gasteiger partial charge >= 0.3 is 0 Å². The quantitative estimate of drug-likeness (QED) is 0.716. The van der Waals surface area contributed by atoms with Crippen molar-refractivity contribution in [1.82, 2.24) is 14.5 Å². The van der Waals surface area contributed by atoms with Crippen molar-refractivity contribution in [2.75, 3.05) is 0 Å². The molecule has 0 aliphatic carbocycles. The van der Waals surface area contributed by atoms with Crippen molar-refractivity contribution in [3.63, 3.8) is 0 Å². The topological polar surface area (TPSA) is 33.6 Å². The van der Waals surface area contributed by atoms with Crippen LogP contribution in [0, 0.1) is 10.6 Å². The van der Waals surface area contributed by atoms with E-state index in [4.69, 9.17) is 12.2 Å². The Morgan fingerprint density at radius 2 is 2.22 bits per heavy atom. The third-order valence-corrected chi connectivity index (χ3v) is 3.13. The van der Waals surface area contributed by atoms with Crippen LogP contribution in [0.5, 0.6) is 0 Å². The minimum atomic E-state index is -0.236. The van der Waals surface area contributed by atoms with E-state index in [0.29, 0.717) is 11.3 Å². The summed E-state index contributed by atoms with van der Waals surface area (Å²) in [7, 11) is 0. The Morgan fingerprint density at radius 3 is 3.06 bits per heavy atom. The van der Waals surface area contributed by atoms with Crippen LogP contribution in [0.15, 0.2) is 42.7 Å². The maximum absolute atomic E-state index is 13.2. The average Bonchev–Trinajstić information content (AvgIpc) is 2.66. The van der Waals surface area contributed by atoms with E-state index in [1.807, 2.05) is 16.7 Å². The van der Waals surface area contributed by atoms with Gasteiger partial charge in [0.15, 0.2) is 4.77 Å². The first-order valence-corrected chi connectivity index (χ1v) is 5.92. The number of halogens is 1. The molecule has 3 rings (SSSR count). The fourth-order valence-corrected chi connectivity index (χ4v) is 2.26. The van der Waals surface area contributed by atoms with Crippen LogP contribution in [0.4, 0.5) is 4.39 Å². The molecule has 2 aromatic heterocycles. The van der Waals surface area contributed by atoms with E-state index in [1.165, 1.54) is 12.1 Å². The van der Waals surface area contributed by atoms with E-state index >= 15 is 0 Å². The Balaban J connectivity index is 2.10. The second-order valence-electron chi connectivity index (χ2n) is 4.04. The van der Waals surface area contributed by atoms with Crippen LogP contribution in [0.3, 0.4) is 0 Å². The summed E-state index contributed by atoms with van der Waals surface area (Å²) in [5, 5.41) is 0. The fraction of sp³-hybridized carbons (Fsp3) is 0.0769. The third-order valence-electron chi connectivity index (χ3n) is 2.81. The number of benzene rings is 1. The number of rotatable bonds is 2. The molecule has 0 saturated carbocycles. The van der Waals surface area contributed by atoms with Gasteiger partial charge in [-0.25, -0.2) is 4.39 Å². The van der Waals surface area contributed by atoms with Crippen molar-refractivity contribution in [3.05, 3.63) is 58.9 Å². The molecule has 0 aliphatic rings. The van der Waals surface area contributed by atoms with Gasteiger partial charge in [0.2, 0.25) is 0 Å². The van der Waals surface area contributed by atoms with E-state index in [2.05, 4.69) is 9.97 Å². The smallest absolute Gasteiger partial charge is 0.178 e. The van der Waals surface area contributed by atoms with Crippen LogP contribution in [-0.2, 0) is 6.54 Å². The molecule has 0 amide bonds. The summed E-state index contributed by atoms with van der Waals surface area (Å²) in [6, 6.07) is 8.42. The summed E-state index contributed by atoms with van der Waals surface area (Å²) in [5.41, 5.74) is 2.74. The first-order chi connectivity index (χ1) is 8.74. The van der Waals surface area contributed by atoms with Gasteiger partial charge in [0.25, 0.3) is 0 Å². The summed E-state index contributed by atoms with van der Waals surface area (Å²) in [5.74, 6) is -0.236. The molecule has 0 atom stereocenters. The molecule has 2 heterocycles. The van der Waals surface area contributed by atoms with Gasteiger partial charge in [-0.15, -0.1) is 0 Å². The maximum atomic E-state index is 13.2. The molecule has 0 aliphatic heterocycles. The van der Waals surface area contributed by atoms with E-state index in [0.717, 1.165) is 16.6 Å². The Hall–Kier alpha value is -2.01. The van der Waals surface area contributed by atoms with Crippen molar-refractivity contribution in [1.29, 1.82) is 0 Å². The van der Waals surface area contributed by atoms with Gasteiger partial charge in [0.05, 0.1) is 23.8 Å². The molecular formula is C13H10FN3S. The molecule has 5 heteroatoms. The summed E-state index contributed by atoms with van der Waals surface area (Å²) < 4.78 is 15.7. The number of imidazole rings is 1. The lowest BCUT2D eigenvalue weighted by atomic mass is 10.2. The Kier molecular flexibility index (Phi) is 2.68. The highest BCUT2D eigenvalue weighted by Gasteiger charge is 2.05. The molecule has 0 saturated heterocycles. The van der Waals surface area contributed by atoms with E-state index in [1.54, 1.807) is 18.5 Å². The number of hydrogen-bond donors (Lipinski definition) is 1. The van der Waals surface area contributed by atoms with Crippen molar-refractivity contribution in [2.24, 2.45) is 0 Å². The molecule has 1 N–H and O–H groups in total. The second kappa shape index (κ2) is 4.34. The van der Waals surface area contributed by atoms with Crippen LogP contribution in [0.25, 0.3) is 11.0 Å². The van der Waals surface area contributed by atoms with Gasteiger partial charge in [-0.3, -0.25) is 4.98 Å². The van der Waals surface area contributed by atoms with Gasteiger partial charge < -0.3 is 9.55 Å². The first-order valence-electron chi connectivity index (χ1n) is 5.51. The van der Waals surface area contributed by atoms with E-state index in [9.17, 15) is 4.39 Å². The molecule has 3 nitrogen and oxygen atoms in total. The molecule has 0 spiro atoms. The zero-order chi connectivity index (χ0) is 12.5. The molecule has 0 radical (unpaired) electrons. The highest BCUT2D eigenvalue weighted by molar-refractivity contribution is 7.71. The predicted molar refractivity (Wildman–Crippen MR) is 70.4 cm³/mol. The summed E-state index contributed by atoms with van der Waals surface area (Å²) in [4.78, 5) is 7.12. The lowest BCUT2D eigenvalue weighted by Gasteiger charge is -2.04. The van der Waals surface area contributed by atoms with E-state index in [-0.39, 0.29) is 5.82 Å². The van der Waals surface area contributed by atoms with Gasteiger partial charge in [0.1, 0.15) is 5.82 Å². The number of fused-ring (bicyclic) bond motifs is 1. The largest absolute Gasteiger partial charge is 0.329 e. The molecule has 1 aromatic carbocycles. The number of aromatic amines is 1. The molecule has 18 heavy (non-hydrogen) atoms. The lowest BCUT2D eigenvalue weighted by Crippen LogP contribution is -1.99. The zero-order valence-electron chi connectivity index (χ0n) is 9.43. The van der Waals surface area contributed by atoms with Crippen LogP contribution in [0.1, 0.15) is 5.56 Å². The van der Waals surface area contributed by atoms with Gasteiger partial charge in [0, 0.05) is 6.20 Å². The third kappa shape index (κ3) is 1.93. The first kappa shape index (κ1) is 11.1. The number of hydrogen-bond acceptors (Lipinski definition) is 2. The molecule has 0 bridgehead atoms. The van der Waals surface area contributed by atoms with Crippen LogP contribution < -0.4 is 0 Å². The summed E-state index contributed by atoms with van der Waals surface area (Å²) >= 11 is 5.27. The van der Waals surface area contributed by atoms with Crippen molar-refractivity contribution < 1.29 is 4.39 Å². The SMILES string of the molecule is Fc1cccc(Cn2c(=S)[nH]c3cnccc32)c1. The lowest BCUT2D eigenvalue weighted by molar-refractivity contribution is 0.623. The number of aromatic nitrogens is 3. The number of nitrogens with zero attached hydrogens (tertiary/aromatic N) is 2. The zero-order valence-corrected chi connectivity index (χ0v) is 10.2. The average molecular weight is 259 g/mol. The minimum absolute atomic E-state index is 0.236. The van der Waals surface area contributed by atoms with Crippen molar-refractivity contribution >= 4 is 23.3 Å². The second-order valence-corrected chi connectivity index (χ2v) is 4.43. The number of H-pyrrole nitrogens is 1. The minimum Gasteiger partial charge on any atom is -0.329 e. The predicted octanol–water partition coefficient (Wildman–Crippen LogP) is 3.28. The highest BCUT2D eigenvalue weighted by Crippen LogP contribution is 2.15. The number of nitrogens with one attached hydrogen (secondary N) is 1. The molecule has 0 unspecified atom stereocenters. The van der Waals surface area contributed by atoms with Crippen LogP contribution in [-0.4, -0.2) is 14.5 Å². The monoisotopic (exact) mass is 259 g/mol. The van der Waals surface area contributed by atoms with Gasteiger partial charge in [-0.1, -0.05) is 12.1 Å². The fourth-order valence-electron chi connectivity index (χ4n) is 1.99. The number of pyridine rings is 1. The Morgan fingerprint density at radius 1 is 1.33 bits per heavy atom. The molecule has 0 fully saturated rings. The van der Waals surface area contributed by atoms with Gasteiger partial charge in [-0.05, 0) is 36.0 Å². The van der Waals surface area contributed by atoms with Crippen LogP contribution >= 0.6 is 12.2 Å². The Bertz CT molecular complexity index is 760. The van der Waals surface area contributed by atoms with Gasteiger partial charge in [-0.2, -0.15) is 0 Å². The maximum Gasteiger partial charge on any atom is 0.178 e. The summed E-state index contributed by atoms with van der Waals surface area (Å²) in [6.07, 6.45) is 3.44. The van der Waals surface area contributed by atoms with Crippen LogP contribution in [0.2, 0.25) is 0 Å².